The number of benzene rings is 2. The van der Waals surface area contributed by atoms with Crippen LogP contribution in [0.1, 0.15) is 42.2 Å². The van der Waals surface area contributed by atoms with Gasteiger partial charge in [-0.3, -0.25) is 9.59 Å². The maximum atomic E-state index is 12.7. The van der Waals surface area contributed by atoms with E-state index in [0.29, 0.717) is 24.5 Å². The van der Waals surface area contributed by atoms with Crippen molar-refractivity contribution in [3.05, 3.63) is 59.8 Å². The first-order valence-electron chi connectivity index (χ1n) is 9.80. The van der Waals surface area contributed by atoms with Crippen molar-refractivity contribution in [3.63, 3.8) is 0 Å². The Balaban J connectivity index is 1.50. The molecule has 1 aliphatic rings. The highest BCUT2D eigenvalue weighted by Crippen LogP contribution is 2.32. The van der Waals surface area contributed by atoms with E-state index in [1.807, 2.05) is 54.0 Å². The number of para-hydroxylation sites is 1. The van der Waals surface area contributed by atoms with Gasteiger partial charge in [0.1, 0.15) is 6.54 Å². The summed E-state index contributed by atoms with van der Waals surface area (Å²) < 4.78 is 13.2. The monoisotopic (exact) mass is 392 g/mol. The third kappa shape index (κ3) is 3.97. The van der Waals surface area contributed by atoms with Crippen LogP contribution in [0.5, 0.6) is 11.5 Å². The van der Waals surface area contributed by atoms with E-state index < -0.39 is 0 Å². The number of ether oxygens (including phenoxy) is 2. The smallest absolute Gasteiger partial charge is 0.240 e. The molecule has 0 aliphatic carbocycles. The van der Waals surface area contributed by atoms with Crippen LogP contribution in [0, 0.1) is 0 Å². The lowest BCUT2D eigenvalue weighted by Gasteiger charge is -2.17. The van der Waals surface area contributed by atoms with E-state index in [2.05, 4.69) is 5.32 Å². The highest BCUT2D eigenvalue weighted by atomic mass is 16.5. The first-order valence-corrected chi connectivity index (χ1v) is 9.80. The molecule has 3 aromatic rings. The lowest BCUT2D eigenvalue weighted by atomic mass is 10.1. The van der Waals surface area contributed by atoms with Crippen molar-refractivity contribution in [3.8, 4) is 11.5 Å². The molecule has 0 saturated heterocycles. The number of hydrogen-bond acceptors (Lipinski definition) is 4. The van der Waals surface area contributed by atoms with Gasteiger partial charge in [0.05, 0.1) is 19.3 Å². The van der Waals surface area contributed by atoms with Gasteiger partial charge in [0.2, 0.25) is 5.91 Å². The lowest BCUT2D eigenvalue weighted by Crippen LogP contribution is -2.30. The molecule has 150 valence electrons. The van der Waals surface area contributed by atoms with Crippen LogP contribution in [0.2, 0.25) is 0 Å². The molecular weight excluding hydrogens is 368 g/mol. The largest absolute Gasteiger partial charge is 0.490 e. The summed E-state index contributed by atoms with van der Waals surface area (Å²) in [6, 6.07) is 13.2. The van der Waals surface area contributed by atoms with Crippen LogP contribution >= 0.6 is 0 Å². The quantitative estimate of drug-likeness (QED) is 0.669. The minimum Gasteiger partial charge on any atom is -0.490 e. The molecule has 2 heterocycles. The van der Waals surface area contributed by atoms with E-state index in [1.54, 1.807) is 13.1 Å². The summed E-state index contributed by atoms with van der Waals surface area (Å²) in [6.07, 6.45) is 2.61. The SMILES string of the molecule is CC(=O)c1cn(CC(=O)N[C@@H](C)c2ccc3c(c2)OCCCO3)c2ccccc12. The molecule has 0 bridgehead atoms. The Hall–Kier alpha value is -3.28. The molecule has 0 spiro atoms. The van der Waals surface area contributed by atoms with E-state index in [9.17, 15) is 9.59 Å². The Bertz CT molecular complexity index is 1070. The van der Waals surface area contributed by atoms with Gasteiger partial charge in [0.25, 0.3) is 0 Å². The van der Waals surface area contributed by atoms with E-state index in [-0.39, 0.29) is 24.3 Å². The van der Waals surface area contributed by atoms with E-state index in [0.717, 1.165) is 28.6 Å². The Kier molecular flexibility index (Phi) is 5.25. The fourth-order valence-corrected chi connectivity index (χ4v) is 3.63. The predicted octanol–water partition coefficient (Wildman–Crippen LogP) is 3.88. The molecule has 0 unspecified atom stereocenters. The second kappa shape index (κ2) is 7.99. The van der Waals surface area contributed by atoms with Gasteiger partial charge in [0, 0.05) is 29.1 Å². The molecular formula is C23H24N2O4. The van der Waals surface area contributed by atoms with Crippen molar-refractivity contribution < 1.29 is 19.1 Å². The van der Waals surface area contributed by atoms with Crippen molar-refractivity contribution >= 4 is 22.6 Å². The number of nitrogens with zero attached hydrogens (tertiary/aromatic N) is 1. The highest BCUT2D eigenvalue weighted by Gasteiger charge is 2.17. The zero-order valence-electron chi connectivity index (χ0n) is 16.6. The Morgan fingerprint density at radius 1 is 1.10 bits per heavy atom. The standard InChI is InChI=1S/C23H24N2O4/c1-15(17-8-9-21-22(12-17)29-11-5-10-28-21)24-23(27)14-25-13-19(16(2)26)18-6-3-4-7-20(18)25/h3-4,6-9,12-13,15H,5,10-11,14H2,1-2H3,(H,24,27)/t15-/m0/s1. The molecule has 1 aliphatic heterocycles. The normalized spacial score (nSPS) is 14.3. The molecule has 1 N–H and O–H groups in total. The summed E-state index contributed by atoms with van der Waals surface area (Å²) in [7, 11) is 0. The van der Waals surface area contributed by atoms with Gasteiger partial charge in [-0.15, -0.1) is 0 Å². The molecule has 2 aromatic carbocycles. The molecule has 6 nitrogen and oxygen atoms in total. The van der Waals surface area contributed by atoms with E-state index in [4.69, 9.17) is 9.47 Å². The van der Waals surface area contributed by atoms with Crippen LogP contribution < -0.4 is 14.8 Å². The van der Waals surface area contributed by atoms with Crippen LogP contribution in [0.3, 0.4) is 0 Å². The molecule has 29 heavy (non-hydrogen) atoms. The molecule has 0 saturated carbocycles. The number of ketones is 1. The summed E-state index contributed by atoms with van der Waals surface area (Å²) in [5.41, 5.74) is 2.45. The molecule has 0 fully saturated rings. The second-order valence-corrected chi connectivity index (χ2v) is 7.29. The summed E-state index contributed by atoms with van der Waals surface area (Å²) in [5.74, 6) is 1.31. The second-order valence-electron chi connectivity index (χ2n) is 7.29. The van der Waals surface area contributed by atoms with Gasteiger partial charge >= 0.3 is 0 Å². The fraction of sp³-hybridized carbons (Fsp3) is 0.304. The number of nitrogens with one attached hydrogen (secondary N) is 1. The van der Waals surface area contributed by atoms with Gasteiger partial charge in [-0.05, 0) is 37.6 Å². The first-order chi connectivity index (χ1) is 14.0. The molecule has 1 aromatic heterocycles. The maximum Gasteiger partial charge on any atom is 0.240 e. The summed E-state index contributed by atoms with van der Waals surface area (Å²) in [4.78, 5) is 24.6. The number of carbonyl (C=O) groups excluding carboxylic acids is 2. The zero-order valence-corrected chi connectivity index (χ0v) is 16.6. The van der Waals surface area contributed by atoms with Gasteiger partial charge in [-0.1, -0.05) is 24.3 Å². The van der Waals surface area contributed by atoms with Gasteiger partial charge in [-0.25, -0.2) is 0 Å². The van der Waals surface area contributed by atoms with Crippen molar-refractivity contribution in [1.82, 2.24) is 9.88 Å². The van der Waals surface area contributed by atoms with Crippen LogP contribution in [-0.4, -0.2) is 29.5 Å². The summed E-state index contributed by atoms with van der Waals surface area (Å²) >= 11 is 0. The maximum absolute atomic E-state index is 12.7. The summed E-state index contributed by atoms with van der Waals surface area (Å²) in [5, 5.41) is 3.89. The molecule has 1 amide bonds. The topological polar surface area (TPSA) is 69.6 Å². The first kappa shape index (κ1) is 19.1. The summed E-state index contributed by atoms with van der Waals surface area (Å²) in [6.45, 7) is 4.88. The fourth-order valence-electron chi connectivity index (χ4n) is 3.63. The van der Waals surface area contributed by atoms with Crippen molar-refractivity contribution in [1.29, 1.82) is 0 Å². The van der Waals surface area contributed by atoms with Crippen LogP contribution in [-0.2, 0) is 11.3 Å². The zero-order chi connectivity index (χ0) is 20.4. The third-order valence-corrected chi connectivity index (χ3v) is 5.13. The van der Waals surface area contributed by atoms with E-state index in [1.165, 1.54) is 0 Å². The lowest BCUT2D eigenvalue weighted by molar-refractivity contribution is -0.122. The van der Waals surface area contributed by atoms with Crippen LogP contribution in [0.4, 0.5) is 0 Å². The van der Waals surface area contributed by atoms with Gasteiger partial charge in [0.15, 0.2) is 17.3 Å². The average Bonchev–Trinajstić information content (AvgIpc) is 2.90. The number of aromatic nitrogens is 1. The molecule has 0 radical (unpaired) electrons. The molecule has 4 rings (SSSR count). The number of amides is 1. The van der Waals surface area contributed by atoms with Gasteiger partial charge in [-0.2, -0.15) is 0 Å². The predicted molar refractivity (Wildman–Crippen MR) is 111 cm³/mol. The molecule has 6 heteroatoms. The minimum atomic E-state index is -0.186. The van der Waals surface area contributed by atoms with Crippen LogP contribution in [0.15, 0.2) is 48.7 Å². The number of fused-ring (bicyclic) bond motifs is 2. The minimum absolute atomic E-state index is 0.0130. The number of carbonyl (C=O) groups is 2. The molecule has 1 atom stereocenters. The van der Waals surface area contributed by atoms with Crippen LogP contribution in [0.25, 0.3) is 10.9 Å². The van der Waals surface area contributed by atoms with Gasteiger partial charge < -0.3 is 19.4 Å². The van der Waals surface area contributed by atoms with Crippen molar-refractivity contribution in [2.45, 2.75) is 32.9 Å². The Morgan fingerprint density at radius 3 is 2.66 bits per heavy atom. The highest BCUT2D eigenvalue weighted by molar-refractivity contribution is 6.07. The number of Topliss-reactive ketones (excluding diaryl/α,β-unsaturated/α-hetero) is 1. The van der Waals surface area contributed by atoms with E-state index >= 15 is 0 Å². The Labute approximate surface area is 169 Å². The number of hydrogen-bond donors (Lipinski definition) is 1. The average molecular weight is 392 g/mol. The van der Waals surface area contributed by atoms with Crippen molar-refractivity contribution in [2.75, 3.05) is 13.2 Å². The third-order valence-electron chi connectivity index (χ3n) is 5.13. The Morgan fingerprint density at radius 2 is 1.86 bits per heavy atom. The number of rotatable bonds is 5. The van der Waals surface area contributed by atoms with Crippen molar-refractivity contribution in [2.24, 2.45) is 0 Å².